The number of amides is 1. The predicted molar refractivity (Wildman–Crippen MR) is 87.0 cm³/mol. The number of hydrogen-bond acceptors (Lipinski definition) is 4. The van der Waals surface area contributed by atoms with Gasteiger partial charge in [0.05, 0.1) is 12.7 Å². The second kappa shape index (κ2) is 7.54. The van der Waals surface area contributed by atoms with Crippen molar-refractivity contribution in [3.8, 4) is 5.75 Å². The molecule has 1 atom stereocenters. The van der Waals surface area contributed by atoms with E-state index < -0.39 is 5.97 Å². The van der Waals surface area contributed by atoms with Gasteiger partial charge in [0.2, 0.25) is 0 Å². The minimum absolute atomic E-state index is 0.0698. The molecule has 1 heterocycles. The molecule has 0 aromatic heterocycles. The number of carboxylic acid groups (broad SMARTS) is 1. The Morgan fingerprint density at radius 1 is 1.36 bits per heavy atom. The molecule has 5 nitrogen and oxygen atoms in total. The molecule has 1 aromatic carbocycles. The highest BCUT2D eigenvalue weighted by molar-refractivity contribution is 7.98. The average Bonchev–Trinajstić information content (AvgIpc) is 2.54. The normalized spacial score (nSPS) is 18.1. The highest BCUT2D eigenvalue weighted by Gasteiger charge is 2.25. The van der Waals surface area contributed by atoms with Gasteiger partial charge in [-0.3, -0.25) is 4.79 Å². The second-order valence-electron chi connectivity index (χ2n) is 5.47. The van der Waals surface area contributed by atoms with Gasteiger partial charge in [0.15, 0.2) is 0 Å². The van der Waals surface area contributed by atoms with Crippen LogP contribution in [-0.4, -0.2) is 54.1 Å². The lowest BCUT2D eigenvalue weighted by Gasteiger charge is -2.32. The van der Waals surface area contributed by atoms with E-state index >= 15 is 0 Å². The van der Waals surface area contributed by atoms with Gasteiger partial charge in [0.25, 0.3) is 5.91 Å². The van der Waals surface area contributed by atoms with E-state index in [1.165, 1.54) is 19.2 Å². The number of likely N-dealkylation sites (tertiary alicyclic amines) is 1. The van der Waals surface area contributed by atoms with Crippen molar-refractivity contribution in [1.29, 1.82) is 0 Å². The third kappa shape index (κ3) is 3.94. The summed E-state index contributed by atoms with van der Waals surface area (Å²) in [4.78, 5) is 25.7. The van der Waals surface area contributed by atoms with Gasteiger partial charge in [-0.1, -0.05) is 0 Å². The van der Waals surface area contributed by atoms with E-state index in [9.17, 15) is 9.59 Å². The monoisotopic (exact) mass is 323 g/mol. The van der Waals surface area contributed by atoms with E-state index in [1.54, 1.807) is 17.8 Å². The Bertz CT molecular complexity index is 559. The number of thioether (sulfide) groups is 1. The standard InChI is InChI=1S/C16H21NO4S/c1-21-14-7-12(6-13(8-14)16(19)20)15(18)17-5-3-4-11(9-17)10-22-2/h6-8,11H,3-5,9-10H2,1-2H3,(H,19,20). The lowest BCUT2D eigenvalue weighted by molar-refractivity contribution is 0.0685. The highest BCUT2D eigenvalue weighted by atomic mass is 32.2. The van der Waals surface area contributed by atoms with Crippen molar-refractivity contribution in [1.82, 2.24) is 4.90 Å². The largest absolute Gasteiger partial charge is 0.497 e. The van der Waals surface area contributed by atoms with Gasteiger partial charge in [-0.25, -0.2) is 4.79 Å². The Morgan fingerprint density at radius 3 is 2.73 bits per heavy atom. The molecule has 0 spiro atoms. The maximum Gasteiger partial charge on any atom is 0.335 e. The van der Waals surface area contributed by atoms with E-state index in [-0.39, 0.29) is 11.5 Å². The first-order chi connectivity index (χ1) is 10.5. The number of rotatable bonds is 5. The summed E-state index contributed by atoms with van der Waals surface area (Å²) in [5.41, 5.74) is 0.446. The molecule has 1 saturated heterocycles. The highest BCUT2D eigenvalue weighted by Crippen LogP contribution is 2.23. The van der Waals surface area contributed by atoms with E-state index in [0.717, 1.165) is 31.7 Å². The molecule has 1 amide bonds. The van der Waals surface area contributed by atoms with Crippen LogP contribution < -0.4 is 4.74 Å². The van der Waals surface area contributed by atoms with Gasteiger partial charge in [-0.2, -0.15) is 11.8 Å². The number of aromatic carboxylic acids is 1. The fourth-order valence-corrected chi connectivity index (χ4v) is 3.51. The zero-order valence-electron chi connectivity index (χ0n) is 12.9. The molecule has 1 unspecified atom stereocenters. The van der Waals surface area contributed by atoms with E-state index in [4.69, 9.17) is 9.84 Å². The Balaban J connectivity index is 2.21. The number of methoxy groups -OCH3 is 1. The number of piperidine rings is 1. The molecule has 1 aromatic rings. The lowest BCUT2D eigenvalue weighted by atomic mass is 9.99. The van der Waals surface area contributed by atoms with Crippen LogP contribution >= 0.6 is 11.8 Å². The molecule has 2 rings (SSSR count). The topological polar surface area (TPSA) is 66.8 Å². The molecular weight excluding hydrogens is 302 g/mol. The predicted octanol–water partition coefficient (Wildman–Crippen LogP) is 2.61. The Labute approximate surface area is 134 Å². The lowest BCUT2D eigenvalue weighted by Crippen LogP contribution is -2.40. The SMILES string of the molecule is COc1cc(C(=O)O)cc(C(=O)N2CCCC(CSC)C2)c1. The van der Waals surface area contributed by atoms with Crippen LogP contribution in [0.15, 0.2) is 18.2 Å². The van der Waals surface area contributed by atoms with Crippen LogP contribution in [0.2, 0.25) is 0 Å². The Hall–Kier alpha value is -1.69. The first kappa shape index (κ1) is 16.7. The molecule has 120 valence electrons. The van der Waals surface area contributed by atoms with Crippen molar-refractivity contribution in [3.05, 3.63) is 29.3 Å². The zero-order chi connectivity index (χ0) is 16.1. The molecule has 22 heavy (non-hydrogen) atoms. The van der Waals surface area contributed by atoms with Crippen molar-refractivity contribution in [2.75, 3.05) is 32.2 Å². The van der Waals surface area contributed by atoms with E-state index in [0.29, 0.717) is 17.2 Å². The number of carbonyl (C=O) groups excluding carboxylic acids is 1. The third-order valence-corrected chi connectivity index (χ3v) is 4.65. The number of carbonyl (C=O) groups is 2. The fraction of sp³-hybridized carbons (Fsp3) is 0.500. The first-order valence-electron chi connectivity index (χ1n) is 7.25. The van der Waals surface area contributed by atoms with Crippen LogP contribution in [0.3, 0.4) is 0 Å². The number of benzene rings is 1. The van der Waals surface area contributed by atoms with Crippen molar-refractivity contribution in [3.63, 3.8) is 0 Å². The summed E-state index contributed by atoms with van der Waals surface area (Å²) in [6.07, 6.45) is 4.21. The fourth-order valence-electron chi connectivity index (χ4n) is 2.77. The third-order valence-electron chi connectivity index (χ3n) is 3.84. The summed E-state index contributed by atoms with van der Waals surface area (Å²) in [6.45, 7) is 1.46. The van der Waals surface area contributed by atoms with Crippen LogP contribution in [0.5, 0.6) is 5.75 Å². The molecule has 0 saturated carbocycles. The van der Waals surface area contributed by atoms with Crippen molar-refractivity contribution in [2.24, 2.45) is 5.92 Å². The number of nitrogens with zero attached hydrogens (tertiary/aromatic N) is 1. The Morgan fingerprint density at radius 2 is 2.09 bits per heavy atom. The Kier molecular flexibility index (Phi) is 5.71. The summed E-state index contributed by atoms with van der Waals surface area (Å²) in [7, 11) is 1.46. The molecule has 6 heteroatoms. The van der Waals surface area contributed by atoms with Crippen LogP contribution in [0.4, 0.5) is 0 Å². The van der Waals surface area contributed by atoms with Gasteiger partial charge in [0, 0.05) is 18.7 Å². The average molecular weight is 323 g/mol. The quantitative estimate of drug-likeness (QED) is 0.902. The summed E-state index contributed by atoms with van der Waals surface area (Å²) in [5.74, 6) is 0.764. The maximum absolute atomic E-state index is 12.7. The van der Waals surface area contributed by atoms with Gasteiger partial charge >= 0.3 is 5.97 Å². The zero-order valence-corrected chi connectivity index (χ0v) is 13.7. The molecule has 0 bridgehead atoms. The number of carboxylic acids is 1. The van der Waals surface area contributed by atoms with Gasteiger partial charge in [0.1, 0.15) is 5.75 Å². The van der Waals surface area contributed by atoms with Crippen LogP contribution in [0.25, 0.3) is 0 Å². The van der Waals surface area contributed by atoms with E-state index in [1.807, 2.05) is 4.90 Å². The molecule has 0 radical (unpaired) electrons. The van der Waals surface area contributed by atoms with Crippen molar-refractivity contribution >= 4 is 23.6 Å². The van der Waals surface area contributed by atoms with Crippen LogP contribution in [0.1, 0.15) is 33.6 Å². The summed E-state index contributed by atoms with van der Waals surface area (Å²) in [5, 5.41) is 9.15. The van der Waals surface area contributed by atoms with Crippen molar-refractivity contribution < 1.29 is 19.4 Å². The number of hydrogen-bond donors (Lipinski definition) is 1. The molecule has 1 aliphatic rings. The van der Waals surface area contributed by atoms with E-state index in [2.05, 4.69) is 6.26 Å². The molecule has 1 fully saturated rings. The number of ether oxygens (including phenoxy) is 1. The molecule has 1 N–H and O–H groups in total. The first-order valence-corrected chi connectivity index (χ1v) is 8.65. The van der Waals surface area contributed by atoms with Crippen LogP contribution in [-0.2, 0) is 0 Å². The summed E-state index contributed by atoms with van der Waals surface area (Å²) in [6, 6.07) is 4.45. The summed E-state index contributed by atoms with van der Waals surface area (Å²) >= 11 is 1.79. The molecule has 1 aliphatic heterocycles. The summed E-state index contributed by atoms with van der Waals surface area (Å²) < 4.78 is 5.11. The second-order valence-corrected chi connectivity index (χ2v) is 6.38. The molecule has 0 aliphatic carbocycles. The smallest absolute Gasteiger partial charge is 0.335 e. The molecular formula is C16H21NO4S. The van der Waals surface area contributed by atoms with Crippen LogP contribution in [0, 0.1) is 5.92 Å². The van der Waals surface area contributed by atoms with Gasteiger partial charge < -0.3 is 14.7 Å². The van der Waals surface area contributed by atoms with Gasteiger partial charge in [-0.05, 0) is 49.0 Å². The minimum Gasteiger partial charge on any atom is -0.497 e. The van der Waals surface area contributed by atoms with Gasteiger partial charge in [-0.15, -0.1) is 0 Å². The van der Waals surface area contributed by atoms with Crippen molar-refractivity contribution in [2.45, 2.75) is 12.8 Å². The minimum atomic E-state index is -1.06. The maximum atomic E-state index is 12.7.